The van der Waals surface area contributed by atoms with E-state index in [1.165, 1.54) is 12.1 Å². The number of hydrogen-bond donors (Lipinski definition) is 2. The maximum atomic E-state index is 11.6. The molecule has 1 aromatic carbocycles. The van der Waals surface area contributed by atoms with E-state index >= 15 is 0 Å². The summed E-state index contributed by atoms with van der Waals surface area (Å²) in [5.41, 5.74) is 3.45. The fourth-order valence-corrected chi connectivity index (χ4v) is 3.09. The number of benzene rings is 1. The number of nitrogens with one attached hydrogen (secondary N) is 1. The first-order chi connectivity index (χ1) is 10.9. The lowest BCUT2D eigenvalue weighted by Gasteiger charge is -2.06. The van der Waals surface area contributed by atoms with Gasteiger partial charge >= 0.3 is 0 Å². The van der Waals surface area contributed by atoms with Crippen molar-refractivity contribution in [1.82, 2.24) is 9.97 Å². The smallest absolute Gasteiger partial charge is 0.238 e. The lowest BCUT2D eigenvalue weighted by Crippen LogP contribution is -2.12. The summed E-state index contributed by atoms with van der Waals surface area (Å²) in [7, 11) is -3.89. The van der Waals surface area contributed by atoms with Crippen LogP contribution in [0.5, 0.6) is 0 Å². The molecule has 23 heavy (non-hydrogen) atoms. The van der Waals surface area contributed by atoms with Gasteiger partial charge in [0, 0.05) is 23.3 Å². The second-order valence-electron chi connectivity index (χ2n) is 5.19. The third-order valence-electron chi connectivity index (χ3n) is 3.70. The largest absolute Gasteiger partial charge is 0.346 e. The molecule has 0 atom stereocenters. The van der Waals surface area contributed by atoms with Crippen molar-refractivity contribution in [2.75, 3.05) is 0 Å². The van der Waals surface area contributed by atoms with Gasteiger partial charge in [-0.1, -0.05) is 6.92 Å². The van der Waals surface area contributed by atoms with Crippen LogP contribution in [0.1, 0.15) is 18.1 Å². The van der Waals surface area contributed by atoms with Crippen molar-refractivity contribution in [2.45, 2.75) is 18.2 Å². The van der Waals surface area contributed by atoms with E-state index in [1.54, 1.807) is 12.3 Å². The summed E-state index contributed by atoms with van der Waals surface area (Å²) >= 11 is 0. The Morgan fingerprint density at radius 1 is 1.26 bits per heavy atom. The van der Waals surface area contributed by atoms with Gasteiger partial charge in [0.2, 0.25) is 10.0 Å². The van der Waals surface area contributed by atoms with E-state index in [4.69, 9.17) is 10.4 Å². The Hall–Kier alpha value is -2.69. The molecule has 2 aromatic heterocycles. The molecule has 3 aromatic rings. The van der Waals surface area contributed by atoms with Gasteiger partial charge in [0.25, 0.3) is 0 Å². The molecule has 3 N–H and O–H groups in total. The third kappa shape index (κ3) is 2.82. The van der Waals surface area contributed by atoms with E-state index in [-0.39, 0.29) is 10.5 Å². The van der Waals surface area contributed by atoms with E-state index in [0.29, 0.717) is 5.56 Å². The summed E-state index contributed by atoms with van der Waals surface area (Å²) in [4.78, 5) is 7.36. The van der Waals surface area contributed by atoms with Gasteiger partial charge in [-0.05, 0) is 41.8 Å². The number of pyridine rings is 1. The van der Waals surface area contributed by atoms with Crippen LogP contribution in [0.3, 0.4) is 0 Å². The Balaban J connectivity index is 2.24. The number of aryl methyl sites for hydroxylation is 1. The molecule has 6 nitrogen and oxygen atoms in total. The number of nitrogens with zero attached hydrogens (tertiary/aromatic N) is 2. The van der Waals surface area contributed by atoms with Gasteiger partial charge in [0.05, 0.1) is 16.5 Å². The number of sulfonamides is 1. The molecule has 0 aliphatic rings. The van der Waals surface area contributed by atoms with Crippen molar-refractivity contribution in [1.29, 1.82) is 5.26 Å². The van der Waals surface area contributed by atoms with Crippen molar-refractivity contribution < 1.29 is 8.42 Å². The summed E-state index contributed by atoms with van der Waals surface area (Å²) < 4.78 is 23.2. The number of aromatic amines is 1. The van der Waals surface area contributed by atoms with E-state index in [9.17, 15) is 8.42 Å². The molecule has 0 aliphatic carbocycles. The first-order valence-corrected chi connectivity index (χ1v) is 8.51. The van der Waals surface area contributed by atoms with E-state index in [0.717, 1.165) is 28.6 Å². The highest BCUT2D eigenvalue weighted by Gasteiger charge is 2.13. The van der Waals surface area contributed by atoms with Gasteiger partial charge in [-0.25, -0.2) is 18.5 Å². The maximum absolute atomic E-state index is 11.6. The summed E-state index contributed by atoms with van der Waals surface area (Å²) in [6, 6.07) is 8.23. The average molecular weight is 326 g/mol. The zero-order valence-electron chi connectivity index (χ0n) is 12.4. The molecule has 0 fully saturated rings. The topological polar surface area (TPSA) is 113 Å². The summed E-state index contributed by atoms with van der Waals surface area (Å²) in [5.74, 6) is 0. The van der Waals surface area contributed by atoms with Crippen LogP contribution in [0, 0.1) is 11.3 Å². The van der Waals surface area contributed by atoms with Gasteiger partial charge in [0.15, 0.2) is 0 Å². The van der Waals surface area contributed by atoms with Crippen molar-refractivity contribution >= 4 is 21.1 Å². The summed E-state index contributed by atoms with van der Waals surface area (Å²) in [5, 5.41) is 15.3. The van der Waals surface area contributed by atoms with Crippen LogP contribution in [-0.2, 0) is 16.4 Å². The molecule has 0 spiro atoms. The highest BCUT2D eigenvalue weighted by molar-refractivity contribution is 7.89. The predicted octanol–water partition coefficient (Wildman–Crippen LogP) is 2.31. The Morgan fingerprint density at radius 3 is 2.70 bits per heavy atom. The van der Waals surface area contributed by atoms with E-state index in [1.807, 2.05) is 25.3 Å². The van der Waals surface area contributed by atoms with Crippen LogP contribution in [0.4, 0.5) is 0 Å². The number of rotatable bonds is 3. The van der Waals surface area contributed by atoms with Crippen LogP contribution in [0.2, 0.25) is 0 Å². The maximum Gasteiger partial charge on any atom is 0.238 e. The fraction of sp³-hybridized carbons (Fsp3) is 0.125. The van der Waals surface area contributed by atoms with Crippen LogP contribution in [0.15, 0.2) is 41.6 Å². The number of nitrogens with two attached hydrogens (primary N) is 1. The average Bonchev–Trinajstić information content (AvgIpc) is 2.95. The number of hydrogen-bond acceptors (Lipinski definition) is 4. The molecule has 116 valence electrons. The van der Waals surface area contributed by atoms with E-state index < -0.39 is 10.0 Å². The Bertz CT molecular complexity index is 1050. The predicted molar refractivity (Wildman–Crippen MR) is 87.0 cm³/mol. The molecule has 0 saturated carbocycles. The molecule has 0 radical (unpaired) electrons. The van der Waals surface area contributed by atoms with Crippen LogP contribution in [-0.4, -0.2) is 18.4 Å². The SMILES string of the molecule is CCc1c[nH]c2ncc(-c3cc(C#N)cc(S(N)(=O)=O)c3)cc12. The highest BCUT2D eigenvalue weighted by Crippen LogP contribution is 2.27. The Kier molecular flexibility index (Phi) is 3.64. The van der Waals surface area contributed by atoms with Crippen LogP contribution < -0.4 is 5.14 Å². The number of nitriles is 1. The molecule has 2 heterocycles. The van der Waals surface area contributed by atoms with Crippen molar-refractivity contribution in [3.8, 4) is 17.2 Å². The fourth-order valence-electron chi connectivity index (χ4n) is 2.50. The third-order valence-corrected chi connectivity index (χ3v) is 4.59. The van der Waals surface area contributed by atoms with E-state index in [2.05, 4.69) is 9.97 Å². The standard InChI is InChI=1S/C16H14N4O2S/c1-2-11-8-19-16-15(11)6-13(9-20-16)12-3-10(7-17)4-14(5-12)23(18,21)22/h3-6,8-9H,2H2,1H3,(H,19,20)(H2,18,21,22). The molecule has 0 saturated heterocycles. The van der Waals surface area contributed by atoms with Crippen molar-refractivity contribution in [2.24, 2.45) is 5.14 Å². The zero-order valence-corrected chi connectivity index (χ0v) is 13.2. The van der Waals surface area contributed by atoms with Crippen molar-refractivity contribution in [3.05, 3.63) is 47.8 Å². The molecule has 3 rings (SSSR count). The number of H-pyrrole nitrogens is 1. The molecule has 7 heteroatoms. The monoisotopic (exact) mass is 326 g/mol. The molecule has 0 aliphatic heterocycles. The molecular weight excluding hydrogens is 312 g/mol. The highest BCUT2D eigenvalue weighted by atomic mass is 32.2. The Labute approximate surface area is 133 Å². The van der Waals surface area contributed by atoms with Crippen LogP contribution >= 0.6 is 0 Å². The Morgan fingerprint density at radius 2 is 2.04 bits per heavy atom. The molecule has 0 unspecified atom stereocenters. The van der Waals surface area contributed by atoms with Gasteiger partial charge in [-0.2, -0.15) is 5.26 Å². The summed E-state index contributed by atoms with van der Waals surface area (Å²) in [6.45, 7) is 2.05. The molecule has 0 amide bonds. The lowest BCUT2D eigenvalue weighted by atomic mass is 10.0. The first kappa shape index (κ1) is 15.2. The number of fused-ring (bicyclic) bond motifs is 1. The second-order valence-corrected chi connectivity index (χ2v) is 6.75. The number of primary sulfonamides is 1. The molecule has 0 bridgehead atoms. The summed E-state index contributed by atoms with van der Waals surface area (Å²) in [6.07, 6.45) is 4.40. The van der Waals surface area contributed by atoms with Gasteiger partial charge in [0.1, 0.15) is 5.65 Å². The second kappa shape index (κ2) is 5.50. The number of aromatic nitrogens is 2. The lowest BCUT2D eigenvalue weighted by molar-refractivity contribution is 0.598. The minimum absolute atomic E-state index is 0.0866. The minimum atomic E-state index is -3.89. The van der Waals surface area contributed by atoms with Gasteiger partial charge < -0.3 is 4.98 Å². The van der Waals surface area contributed by atoms with Gasteiger partial charge in [-0.15, -0.1) is 0 Å². The molecular formula is C16H14N4O2S. The quantitative estimate of drug-likeness (QED) is 0.769. The van der Waals surface area contributed by atoms with Crippen LogP contribution in [0.25, 0.3) is 22.2 Å². The zero-order chi connectivity index (χ0) is 16.6. The normalized spacial score (nSPS) is 11.5. The van der Waals surface area contributed by atoms with Crippen molar-refractivity contribution in [3.63, 3.8) is 0 Å². The first-order valence-electron chi connectivity index (χ1n) is 6.96. The van der Waals surface area contributed by atoms with Gasteiger partial charge in [-0.3, -0.25) is 0 Å². The minimum Gasteiger partial charge on any atom is -0.346 e.